The van der Waals surface area contributed by atoms with Gasteiger partial charge in [0.15, 0.2) is 17.4 Å². The normalized spacial score (nSPS) is 12.6. The Balaban J connectivity index is 1.68. The van der Waals surface area contributed by atoms with E-state index in [2.05, 4.69) is 30.3 Å². The Hall–Kier alpha value is -4.06. The number of nitrogens with one attached hydrogen (secondary N) is 2. The molecule has 0 spiro atoms. The molecule has 0 saturated heterocycles. The molecule has 0 fully saturated rings. The van der Waals surface area contributed by atoms with E-state index in [1.54, 1.807) is 19.1 Å². The summed E-state index contributed by atoms with van der Waals surface area (Å²) in [4.78, 5) is 11.4. The number of rotatable bonds is 5. The first-order valence-electron chi connectivity index (χ1n) is 9.03. The molecule has 2 heterocycles. The van der Waals surface area contributed by atoms with Crippen molar-refractivity contribution in [1.29, 1.82) is 0 Å². The molecule has 0 atom stereocenters. The van der Waals surface area contributed by atoms with Gasteiger partial charge in [-0.3, -0.25) is 5.10 Å². The van der Waals surface area contributed by atoms with Crippen LogP contribution in [-0.2, 0) is 6.42 Å². The number of hydrogen-bond acceptors (Lipinski definition) is 5. The predicted octanol–water partition coefficient (Wildman–Crippen LogP) is 5.56. The van der Waals surface area contributed by atoms with E-state index in [1.807, 2.05) is 19.1 Å². The smallest absolute Gasteiger partial charge is 0.288 e. The van der Waals surface area contributed by atoms with Crippen LogP contribution >= 0.6 is 0 Å². The standard InChI is InChI=1S/C21H16F2N6O/c1-4-5-12-8-17(29-28-12)27-20-19(24-3)21(26-10-25-20)30-16-9-15(22)13-6-11(2)7-14(13)18(16)23/h4-5,7-10H,6H2,1-2H3,(H2,25,26,27,28,29)/b5-4+. The maximum absolute atomic E-state index is 14.9. The Morgan fingerprint density at radius 3 is 2.90 bits per heavy atom. The zero-order valence-corrected chi connectivity index (χ0v) is 16.1. The van der Waals surface area contributed by atoms with E-state index >= 15 is 0 Å². The van der Waals surface area contributed by atoms with E-state index in [-0.39, 0.29) is 28.7 Å². The molecular weight excluding hydrogens is 390 g/mol. The first kappa shape index (κ1) is 19.3. The molecular formula is C21H16F2N6O. The molecule has 9 heteroatoms. The summed E-state index contributed by atoms with van der Waals surface area (Å²) in [5.41, 5.74) is 1.98. The molecule has 30 heavy (non-hydrogen) atoms. The highest BCUT2D eigenvalue weighted by atomic mass is 19.1. The van der Waals surface area contributed by atoms with E-state index in [0.717, 1.165) is 23.7 Å². The van der Waals surface area contributed by atoms with E-state index < -0.39 is 11.6 Å². The van der Waals surface area contributed by atoms with Gasteiger partial charge >= 0.3 is 0 Å². The number of benzene rings is 1. The Kier molecular flexibility index (Phi) is 4.98. The highest BCUT2D eigenvalue weighted by molar-refractivity contribution is 5.75. The van der Waals surface area contributed by atoms with Crippen LogP contribution in [0, 0.1) is 18.2 Å². The monoisotopic (exact) mass is 406 g/mol. The topological polar surface area (TPSA) is 80.1 Å². The number of nitrogens with zero attached hydrogens (tertiary/aromatic N) is 4. The van der Waals surface area contributed by atoms with Crippen molar-refractivity contribution in [2.24, 2.45) is 0 Å². The Bertz CT molecular complexity index is 1240. The van der Waals surface area contributed by atoms with Crippen molar-refractivity contribution in [2.75, 3.05) is 5.32 Å². The van der Waals surface area contributed by atoms with Crippen LogP contribution < -0.4 is 10.1 Å². The number of fused-ring (bicyclic) bond motifs is 1. The number of halogens is 2. The largest absolute Gasteiger partial charge is 0.446 e. The number of ether oxygens (including phenoxy) is 1. The lowest BCUT2D eigenvalue weighted by Crippen LogP contribution is -2.01. The molecule has 7 nitrogen and oxygen atoms in total. The molecule has 0 saturated carbocycles. The van der Waals surface area contributed by atoms with Gasteiger partial charge in [-0.25, -0.2) is 23.6 Å². The van der Waals surface area contributed by atoms with Crippen molar-refractivity contribution in [3.63, 3.8) is 0 Å². The second-order valence-corrected chi connectivity index (χ2v) is 6.65. The zero-order chi connectivity index (χ0) is 21.3. The summed E-state index contributed by atoms with van der Waals surface area (Å²) >= 11 is 0. The van der Waals surface area contributed by atoms with Gasteiger partial charge in [0.25, 0.3) is 5.69 Å². The van der Waals surface area contributed by atoms with E-state index in [9.17, 15) is 8.78 Å². The summed E-state index contributed by atoms with van der Waals surface area (Å²) in [6.07, 6.45) is 6.77. The molecule has 2 N–H and O–H groups in total. The average Bonchev–Trinajstić information content (AvgIpc) is 3.33. The van der Waals surface area contributed by atoms with Gasteiger partial charge in [-0.2, -0.15) is 5.10 Å². The third-order valence-electron chi connectivity index (χ3n) is 4.47. The van der Waals surface area contributed by atoms with Crippen molar-refractivity contribution >= 4 is 29.5 Å². The first-order valence-corrected chi connectivity index (χ1v) is 9.03. The minimum atomic E-state index is -0.699. The van der Waals surface area contributed by atoms with Gasteiger partial charge in [0, 0.05) is 23.3 Å². The van der Waals surface area contributed by atoms with Crippen molar-refractivity contribution in [3.05, 3.63) is 70.0 Å². The van der Waals surface area contributed by atoms with Crippen LogP contribution in [0.15, 0.2) is 30.1 Å². The van der Waals surface area contributed by atoms with Crippen molar-refractivity contribution in [3.8, 4) is 11.6 Å². The zero-order valence-electron chi connectivity index (χ0n) is 16.1. The summed E-state index contributed by atoms with van der Waals surface area (Å²) < 4.78 is 34.8. The van der Waals surface area contributed by atoms with Gasteiger partial charge in [0.1, 0.15) is 18.0 Å². The van der Waals surface area contributed by atoms with E-state index in [0.29, 0.717) is 17.8 Å². The molecule has 3 aromatic rings. The maximum atomic E-state index is 14.9. The minimum absolute atomic E-state index is 0.0832. The number of aromatic amines is 1. The lowest BCUT2D eigenvalue weighted by atomic mass is 10.1. The fraction of sp³-hybridized carbons (Fsp3) is 0.143. The minimum Gasteiger partial charge on any atom is -0.446 e. The van der Waals surface area contributed by atoms with E-state index in [1.165, 1.54) is 0 Å². The van der Waals surface area contributed by atoms with Gasteiger partial charge in [0.2, 0.25) is 5.88 Å². The molecule has 0 radical (unpaired) electrons. The van der Waals surface area contributed by atoms with Gasteiger partial charge in [-0.05, 0) is 26.3 Å². The fourth-order valence-corrected chi connectivity index (χ4v) is 3.16. The number of hydrogen-bond donors (Lipinski definition) is 2. The first-order chi connectivity index (χ1) is 14.5. The van der Waals surface area contributed by atoms with Gasteiger partial charge in [-0.15, -0.1) is 0 Å². The summed E-state index contributed by atoms with van der Waals surface area (Å²) in [6.45, 7) is 11.2. The number of anilines is 2. The fourth-order valence-electron chi connectivity index (χ4n) is 3.16. The third kappa shape index (κ3) is 3.51. The Labute approximate surface area is 171 Å². The highest BCUT2D eigenvalue weighted by Gasteiger charge is 2.24. The Morgan fingerprint density at radius 1 is 1.30 bits per heavy atom. The van der Waals surface area contributed by atoms with Crippen molar-refractivity contribution < 1.29 is 13.5 Å². The molecule has 1 aliphatic carbocycles. The molecule has 0 bridgehead atoms. The lowest BCUT2D eigenvalue weighted by Gasteiger charge is -2.12. The molecule has 1 aromatic carbocycles. The van der Waals surface area contributed by atoms with Crippen molar-refractivity contribution in [1.82, 2.24) is 20.2 Å². The van der Waals surface area contributed by atoms with E-state index in [4.69, 9.17) is 11.3 Å². The van der Waals surface area contributed by atoms with Gasteiger partial charge < -0.3 is 10.1 Å². The maximum Gasteiger partial charge on any atom is 0.288 e. The van der Waals surface area contributed by atoms with Crippen LogP contribution in [0.1, 0.15) is 30.7 Å². The molecule has 0 amide bonds. The summed E-state index contributed by atoms with van der Waals surface area (Å²) in [5.74, 6) is -1.25. The average molecular weight is 406 g/mol. The third-order valence-corrected chi connectivity index (χ3v) is 4.47. The van der Waals surface area contributed by atoms with Crippen LogP contribution in [-0.4, -0.2) is 20.2 Å². The SMILES string of the molecule is [C-]#[N+]c1c(Nc2cc(/C=C/C)[nH]n2)ncnc1Oc1cc(F)c2c(c1F)C=C(C)C2. The van der Waals surface area contributed by atoms with Crippen LogP contribution in [0.25, 0.3) is 17.0 Å². The van der Waals surface area contributed by atoms with Crippen LogP contribution in [0.4, 0.5) is 26.1 Å². The molecule has 1 aliphatic rings. The highest BCUT2D eigenvalue weighted by Crippen LogP contribution is 2.40. The number of H-pyrrole nitrogens is 1. The summed E-state index contributed by atoms with van der Waals surface area (Å²) in [6, 6.07) is 2.70. The van der Waals surface area contributed by atoms with Gasteiger partial charge in [-0.1, -0.05) is 17.7 Å². The van der Waals surface area contributed by atoms with Crippen LogP contribution in [0.5, 0.6) is 11.6 Å². The number of aromatic nitrogens is 4. The lowest BCUT2D eigenvalue weighted by molar-refractivity contribution is 0.422. The molecule has 0 aliphatic heterocycles. The molecule has 150 valence electrons. The van der Waals surface area contributed by atoms with Gasteiger partial charge in [0.05, 0.1) is 12.3 Å². The second kappa shape index (κ2) is 7.75. The predicted molar refractivity (Wildman–Crippen MR) is 109 cm³/mol. The van der Waals surface area contributed by atoms with Crippen LogP contribution in [0.3, 0.4) is 0 Å². The summed E-state index contributed by atoms with van der Waals surface area (Å²) in [7, 11) is 0. The molecule has 0 unspecified atom stereocenters. The quantitative estimate of drug-likeness (QED) is 0.543. The molecule has 4 rings (SSSR count). The van der Waals surface area contributed by atoms with Crippen molar-refractivity contribution in [2.45, 2.75) is 20.3 Å². The van der Waals surface area contributed by atoms with Crippen LogP contribution in [0.2, 0.25) is 0 Å². The second-order valence-electron chi connectivity index (χ2n) is 6.65. The summed E-state index contributed by atoms with van der Waals surface area (Å²) in [5, 5.41) is 9.80. The Morgan fingerprint density at radius 2 is 2.13 bits per heavy atom. The number of allylic oxidation sites excluding steroid dienone is 2. The molecule has 2 aromatic heterocycles.